The predicted octanol–water partition coefficient (Wildman–Crippen LogP) is 2.86. The van der Waals surface area contributed by atoms with Gasteiger partial charge in [0.05, 0.1) is 6.04 Å². The molecule has 0 aromatic carbocycles. The van der Waals surface area contributed by atoms with E-state index in [9.17, 15) is 0 Å². The van der Waals surface area contributed by atoms with E-state index in [2.05, 4.69) is 49.9 Å². The van der Waals surface area contributed by atoms with Crippen LogP contribution in [0, 0.1) is 6.92 Å². The average molecular weight is 295 g/mol. The molecule has 114 valence electrons. The Labute approximate surface area is 127 Å². The van der Waals surface area contributed by atoms with Gasteiger partial charge in [-0.25, -0.2) is 0 Å². The van der Waals surface area contributed by atoms with Gasteiger partial charge >= 0.3 is 0 Å². The summed E-state index contributed by atoms with van der Waals surface area (Å²) in [5, 5.41) is 0. The van der Waals surface area contributed by atoms with Crippen LogP contribution in [-0.4, -0.2) is 49.1 Å². The number of rotatable bonds is 6. The minimum absolute atomic E-state index is 0.213. The number of thiophene rings is 1. The molecule has 1 aliphatic heterocycles. The van der Waals surface area contributed by atoms with Crippen LogP contribution in [0.3, 0.4) is 0 Å². The molecule has 0 amide bonds. The first-order chi connectivity index (χ1) is 9.52. The molecule has 0 aliphatic carbocycles. The number of hydrogen-bond donors (Lipinski definition) is 1. The fourth-order valence-corrected chi connectivity index (χ4v) is 4.37. The monoisotopic (exact) mass is 295 g/mol. The molecule has 3 unspecified atom stereocenters. The number of aryl methyl sites for hydroxylation is 1. The summed E-state index contributed by atoms with van der Waals surface area (Å²) in [7, 11) is 4.48. The van der Waals surface area contributed by atoms with Gasteiger partial charge in [0.15, 0.2) is 0 Å². The minimum Gasteiger partial charge on any atom is -0.326 e. The van der Waals surface area contributed by atoms with E-state index in [4.69, 9.17) is 5.73 Å². The topological polar surface area (TPSA) is 32.5 Å². The lowest BCUT2D eigenvalue weighted by atomic mass is 10.0. The fraction of sp³-hybridized carbons (Fsp3) is 0.750. The van der Waals surface area contributed by atoms with Crippen molar-refractivity contribution in [3.63, 3.8) is 0 Å². The summed E-state index contributed by atoms with van der Waals surface area (Å²) in [6.07, 6.45) is 3.67. The molecular weight excluding hydrogens is 266 g/mol. The van der Waals surface area contributed by atoms with Crippen molar-refractivity contribution in [3.8, 4) is 0 Å². The summed E-state index contributed by atoms with van der Waals surface area (Å²) in [5.74, 6) is 0. The Morgan fingerprint density at radius 2 is 2.25 bits per heavy atom. The van der Waals surface area contributed by atoms with Crippen LogP contribution in [0.15, 0.2) is 12.1 Å². The molecule has 0 bridgehead atoms. The second-order valence-corrected chi connectivity index (χ2v) is 7.50. The Bertz CT molecular complexity index is 418. The van der Waals surface area contributed by atoms with E-state index in [1.54, 1.807) is 0 Å². The maximum Gasteiger partial charge on any atom is 0.0591 e. The molecule has 3 nitrogen and oxygen atoms in total. The van der Waals surface area contributed by atoms with Gasteiger partial charge in [-0.15, -0.1) is 11.3 Å². The molecule has 1 saturated heterocycles. The largest absolute Gasteiger partial charge is 0.326 e. The lowest BCUT2D eigenvalue weighted by Gasteiger charge is -2.35. The number of likely N-dealkylation sites (tertiary alicyclic amines) is 1. The Morgan fingerprint density at radius 3 is 2.75 bits per heavy atom. The molecule has 2 N–H and O–H groups in total. The summed E-state index contributed by atoms with van der Waals surface area (Å²) in [6, 6.07) is 5.73. The molecule has 4 heteroatoms. The standard InChI is InChI=1S/C16H29N3S/c1-5-14(17)16(15-9-8-12(2)20-15)19(4)11-13-7-6-10-18(13)3/h8-9,13-14,16H,5-7,10-11,17H2,1-4H3. The zero-order valence-electron chi connectivity index (χ0n) is 13.3. The smallest absolute Gasteiger partial charge is 0.0591 e. The first-order valence-corrected chi connectivity index (χ1v) is 8.57. The van der Waals surface area contributed by atoms with Crippen LogP contribution in [0.25, 0.3) is 0 Å². The van der Waals surface area contributed by atoms with Gasteiger partial charge in [-0.1, -0.05) is 6.92 Å². The molecule has 0 spiro atoms. The van der Waals surface area contributed by atoms with Crippen molar-refractivity contribution in [3.05, 3.63) is 21.9 Å². The van der Waals surface area contributed by atoms with Crippen molar-refractivity contribution in [2.75, 3.05) is 27.2 Å². The van der Waals surface area contributed by atoms with E-state index < -0.39 is 0 Å². The summed E-state index contributed by atoms with van der Waals surface area (Å²) in [4.78, 5) is 7.76. The molecule has 1 aromatic heterocycles. The molecule has 1 fully saturated rings. The van der Waals surface area contributed by atoms with Gasteiger partial charge in [-0.3, -0.25) is 4.90 Å². The number of nitrogens with zero attached hydrogens (tertiary/aromatic N) is 2. The van der Waals surface area contributed by atoms with Crippen molar-refractivity contribution < 1.29 is 0 Å². The highest BCUT2D eigenvalue weighted by atomic mass is 32.1. The highest BCUT2D eigenvalue weighted by Crippen LogP contribution is 2.31. The molecular formula is C16H29N3S. The van der Waals surface area contributed by atoms with Crippen molar-refractivity contribution in [1.29, 1.82) is 0 Å². The fourth-order valence-electron chi connectivity index (χ4n) is 3.25. The van der Waals surface area contributed by atoms with E-state index >= 15 is 0 Å². The van der Waals surface area contributed by atoms with Crippen molar-refractivity contribution in [2.24, 2.45) is 5.73 Å². The normalized spacial score (nSPS) is 23.4. The van der Waals surface area contributed by atoms with Crippen LogP contribution in [0.5, 0.6) is 0 Å². The second-order valence-electron chi connectivity index (χ2n) is 6.18. The Kier molecular flexibility index (Phi) is 5.61. The number of nitrogens with two attached hydrogens (primary N) is 1. The summed E-state index contributed by atoms with van der Waals surface area (Å²) >= 11 is 1.89. The molecule has 3 atom stereocenters. The molecule has 1 aliphatic rings. The van der Waals surface area contributed by atoms with E-state index in [0.29, 0.717) is 12.1 Å². The third kappa shape index (κ3) is 3.61. The Morgan fingerprint density at radius 1 is 1.50 bits per heavy atom. The summed E-state index contributed by atoms with van der Waals surface area (Å²) < 4.78 is 0. The van der Waals surface area contributed by atoms with Gasteiger partial charge in [0, 0.05) is 28.4 Å². The van der Waals surface area contributed by atoms with Crippen molar-refractivity contribution in [1.82, 2.24) is 9.80 Å². The first kappa shape index (κ1) is 16.0. The first-order valence-electron chi connectivity index (χ1n) is 7.75. The number of hydrogen-bond acceptors (Lipinski definition) is 4. The third-order valence-electron chi connectivity index (χ3n) is 4.57. The minimum atomic E-state index is 0.213. The van der Waals surface area contributed by atoms with E-state index in [1.165, 1.54) is 29.1 Å². The number of likely N-dealkylation sites (N-methyl/N-ethyl adjacent to an activating group) is 2. The van der Waals surface area contributed by atoms with Crippen LogP contribution in [0.2, 0.25) is 0 Å². The van der Waals surface area contributed by atoms with E-state index in [1.807, 2.05) is 11.3 Å². The SMILES string of the molecule is CCC(N)C(c1ccc(C)s1)N(C)CC1CCCN1C. The van der Waals surface area contributed by atoms with Gasteiger partial charge in [0.1, 0.15) is 0 Å². The predicted molar refractivity (Wildman–Crippen MR) is 88.3 cm³/mol. The lowest BCUT2D eigenvalue weighted by Crippen LogP contribution is -2.44. The maximum absolute atomic E-state index is 6.42. The second kappa shape index (κ2) is 7.03. The lowest BCUT2D eigenvalue weighted by molar-refractivity contribution is 0.159. The van der Waals surface area contributed by atoms with Crippen LogP contribution < -0.4 is 5.73 Å². The van der Waals surface area contributed by atoms with Gasteiger partial charge in [0.25, 0.3) is 0 Å². The molecule has 0 radical (unpaired) electrons. The molecule has 0 saturated carbocycles. The van der Waals surface area contributed by atoms with Crippen molar-refractivity contribution in [2.45, 2.75) is 51.2 Å². The average Bonchev–Trinajstić information content (AvgIpc) is 2.99. The van der Waals surface area contributed by atoms with Crippen LogP contribution in [0.1, 0.15) is 42.0 Å². The third-order valence-corrected chi connectivity index (χ3v) is 5.65. The summed E-state index contributed by atoms with van der Waals surface area (Å²) in [6.45, 7) is 6.72. The highest BCUT2D eigenvalue weighted by molar-refractivity contribution is 7.12. The zero-order valence-corrected chi connectivity index (χ0v) is 14.1. The molecule has 2 rings (SSSR count). The highest BCUT2D eigenvalue weighted by Gasteiger charge is 2.29. The van der Waals surface area contributed by atoms with E-state index in [-0.39, 0.29) is 6.04 Å². The van der Waals surface area contributed by atoms with Crippen LogP contribution >= 0.6 is 11.3 Å². The zero-order chi connectivity index (χ0) is 14.7. The van der Waals surface area contributed by atoms with Crippen molar-refractivity contribution >= 4 is 11.3 Å². The van der Waals surface area contributed by atoms with E-state index in [0.717, 1.165) is 13.0 Å². The van der Waals surface area contributed by atoms with Gasteiger partial charge in [-0.2, -0.15) is 0 Å². The molecule has 1 aromatic rings. The van der Waals surface area contributed by atoms with Crippen LogP contribution in [0.4, 0.5) is 0 Å². The maximum atomic E-state index is 6.42. The molecule has 20 heavy (non-hydrogen) atoms. The van der Waals surface area contributed by atoms with Gasteiger partial charge < -0.3 is 10.6 Å². The Balaban J connectivity index is 2.09. The van der Waals surface area contributed by atoms with Gasteiger partial charge in [-0.05, 0) is 59.0 Å². The van der Waals surface area contributed by atoms with Crippen LogP contribution in [-0.2, 0) is 0 Å². The van der Waals surface area contributed by atoms with Gasteiger partial charge in [0.2, 0.25) is 0 Å². The Hall–Kier alpha value is -0.420. The molecule has 2 heterocycles. The quantitative estimate of drug-likeness (QED) is 0.876. The summed E-state index contributed by atoms with van der Waals surface area (Å²) in [5.41, 5.74) is 6.42.